The number of nitro groups is 1. The Bertz CT molecular complexity index is 449. The molecule has 0 saturated heterocycles. The first kappa shape index (κ1) is 16.2. The van der Waals surface area contributed by atoms with Gasteiger partial charge in [-0.25, -0.2) is 0 Å². The van der Waals surface area contributed by atoms with E-state index in [1.165, 1.54) is 0 Å². The third kappa shape index (κ3) is 4.70. The third-order valence-corrected chi connectivity index (χ3v) is 2.89. The molecule has 0 saturated carbocycles. The first-order valence-electron chi connectivity index (χ1n) is 6.77. The monoisotopic (exact) mass is 281 g/mol. The molecular formula is C14H23N3O3. The molecule has 0 radical (unpaired) electrons. The van der Waals surface area contributed by atoms with Gasteiger partial charge in [-0.1, -0.05) is 6.07 Å². The fraction of sp³-hybridized carbons (Fsp3) is 0.571. The Balaban J connectivity index is 2.88. The number of hydrogen-bond acceptors (Lipinski definition) is 5. The molecule has 1 atom stereocenters. The van der Waals surface area contributed by atoms with Crippen LogP contribution in [0.1, 0.15) is 20.3 Å². The minimum Gasteiger partial charge on any atom is -0.487 e. The highest BCUT2D eigenvalue weighted by Gasteiger charge is 2.21. The van der Waals surface area contributed by atoms with Crippen LogP contribution >= 0.6 is 0 Å². The fourth-order valence-corrected chi connectivity index (χ4v) is 1.89. The summed E-state index contributed by atoms with van der Waals surface area (Å²) in [5.41, 5.74) is 0.512. The topological polar surface area (TPSA) is 67.6 Å². The summed E-state index contributed by atoms with van der Waals surface area (Å²) in [4.78, 5) is 12.9. The lowest BCUT2D eigenvalue weighted by molar-refractivity contribution is -0.385. The van der Waals surface area contributed by atoms with Crippen molar-refractivity contribution < 1.29 is 9.66 Å². The van der Waals surface area contributed by atoms with E-state index >= 15 is 0 Å². The van der Waals surface area contributed by atoms with Crippen LogP contribution in [0.15, 0.2) is 18.2 Å². The number of nitrogens with zero attached hydrogens (tertiary/aromatic N) is 2. The summed E-state index contributed by atoms with van der Waals surface area (Å²) >= 11 is 0. The smallest absolute Gasteiger partial charge is 0.333 e. The lowest BCUT2D eigenvalue weighted by Crippen LogP contribution is -2.23. The Morgan fingerprint density at radius 2 is 2.15 bits per heavy atom. The lowest BCUT2D eigenvalue weighted by Gasteiger charge is -2.18. The molecule has 6 nitrogen and oxygen atoms in total. The van der Waals surface area contributed by atoms with Gasteiger partial charge >= 0.3 is 5.69 Å². The van der Waals surface area contributed by atoms with Crippen molar-refractivity contribution in [3.05, 3.63) is 28.3 Å². The quantitative estimate of drug-likeness (QED) is 0.586. The summed E-state index contributed by atoms with van der Waals surface area (Å²) in [6, 6.07) is 5.25. The Labute approximate surface area is 119 Å². The van der Waals surface area contributed by atoms with Crippen LogP contribution in [0, 0.1) is 10.1 Å². The number of para-hydroxylation sites is 1. The predicted molar refractivity (Wildman–Crippen MR) is 80.5 cm³/mol. The Hall–Kier alpha value is -1.82. The van der Waals surface area contributed by atoms with Gasteiger partial charge in [-0.05, 0) is 53.0 Å². The first-order valence-corrected chi connectivity index (χ1v) is 6.77. The molecule has 0 fully saturated rings. The summed E-state index contributed by atoms with van der Waals surface area (Å²) in [5.74, 6) is 0.308. The molecule has 0 aliphatic carbocycles. The van der Waals surface area contributed by atoms with Gasteiger partial charge in [-0.2, -0.15) is 0 Å². The molecule has 0 aliphatic rings. The van der Waals surface area contributed by atoms with E-state index in [-0.39, 0.29) is 11.7 Å². The Morgan fingerprint density at radius 3 is 2.70 bits per heavy atom. The van der Waals surface area contributed by atoms with E-state index in [0.717, 1.165) is 13.0 Å². The minimum absolute atomic E-state index is 0.00560. The van der Waals surface area contributed by atoms with Crippen LogP contribution in [-0.4, -0.2) is 43.1 Å². The van der Waals surface area contributed by atoms with Crippen molar-refractivity contribution in [2.75, 3.05) is 32.6 Å². The standard InChI is InChI=1S/C14H23N3O3/c1-5-20-13-8-6-7-12(14(13)17(18)19)15-11(2)9-10-16(3)4/h6-8,11,15H,5,9-10H2,1-4H3. The van der Waals surface area contributed by atoms with Gasteiger partial charge < -0.3 is 15.0 Å². The van der Waals surface area contributed by atoms with E-state index in [1.807, 2.05) is 27.9 Å². The first-order chi connectivity index (χ1) is 9.45. The molecule has 0 spiro atoms. The van der Waals surface area contributed by atoms with Crippen molar-refractivity contribution in [2.24, 2.45) is 0 Å². The molecule has 0 aliphatic heterocycles. The second-order valence-electron chi connectivity index (χ2n) is 4.98. The van der Waals surface area contributed by atoms with Crippen molar-refractivity contribution in [3.63, 3.8) is 0 Å². The van der Waals surface area contributed by atoms with Crippen molar-refractivity contribution >= 4 is 11.4 Å². The second kappa shape index (κ2) is 7.69. The highest BCUT2D eigenvalue weighted by atomic mass is 16.6. The zero-order valence-electron chi connectivity index (χ0n) is 12.5. The third-order valence-electron chi connectivity index (χ3n) is 2.89. The number of anilines is 1. The lowest BCUT2D eigenvalue weighted by atomic mass is 10.2. The molecule has 1 rings (SSSR count). The molecule has 1 aromatic rings. The van der Waals surface area contributed by atoms with E-state index in [0.29, 0.717) is 18.0 Å². The van der Waals surface area contributed by atoms with E-state index in [1.54, 1.807) is 18.2 Å². The van der Waals surface area contributed by atoms with Gasteiger partial charge in [0.15, 0.2) is 5.75 Å². The second-order valence-corrected chi connectivity index (χ2v) is 4.98. The predicted octanol–water partition coefficient (Wildman–Crippen LogP) is 2.75. The maximum Gasteiger partial charge on any atom is 0.333 e. The molecular weight excluding hydrogens is 258 g/mol. The molecule has 0 bridgehead atoms. The summed E-state index contributed by atoms with van der Waals surface area (Å²) in [6.07, 6.45) is 0.906. The highest BCUT2D eigenvalue weighted by Crippen LogP contribution is 2.35. The summed E-state index contributed by atoms with van der Waals surface area (Å²) in [6.45, 7) is 5.15. The van der Waals surface area contributed by atoms with Gasteiger partial charge in [-0.15, -0.1) is 0 Å². The summed E-state index contributed by atoms with van der Waals surface area (Å²) < 4.78 is 5.33. The van der Waals surface area contributed by atoms with Gasteiger partial charge in [0, 0.05) is 6.04 Å². The van der Waals surface area contributed by atoms with Gasteiger partial charge in [0.2, 0.25) is 0 Å². The Kier molecular flexibility index (Phi) is 6.24. The average molecular weight is 281 g/mol. The van der Waals surface area contributed by atoms with Gasteiger partial charge in [0.05, 0.1) is 11.5 Å². The van der Waals surface area contributed by atoms with Crippen LogP contribution in [0.2, 0.25) is 0 Å². The molecule has 0 heterocycles. The van der Waals surface area contributed by atoms with Crippen LogP contribution < -0.4 is 10.1 Å². The highest BCUT2D eigenvalue weighted by molar-refractivity contribution is 5.68. The number of ether oxygens (including phenoxy) is 1. The molecule has 1 unspecified atom stereocenters. The number of benzene rings is 1. The van der Waals surface area contributed by atoms with Crippen molar-refractivity contribution in [1.82, 2.24) is 4.90 Å². The van der Waals surface area contributed by atoms with Crippen LogP contribution in [0.25, 0.3) is 0 Å². The molecule has 1 N–H and O–H groups in total. The molecule has 0 aromatic heterocycles. The zero-order valence-corrected chi connectivity index (χ0v) is 12.5. The molecule has 1 aromatic carbocycles. The van der Waals surface area contributed by atoms with Gasteiger partial charge in [0.1, 0.15) is 5.69 Å². The normalized spacial score (nSPS) is 12.2. The van der Waals surface area contributed by atoms with Crippen LogP contribution in [-0.2, 0) is 0 Å². The molecule has 20 heavy (non-hydrogen) atoms. The average Bonchev–Trinajstić information content (AvgIpc) is 2.36. The van der Waals surface area contributed by atoms with Crippen LogP contribution in [0.3, 0.4) is 0 Å². The summed E-state index contributed by atoms with van der Waals surface area (Å²) in [7, 11) is 4.01. The Morgan fingerprint density at radius 1 is 1.45 bits per heavy atom. The SMILES string of the molecule is CCOc1cccc(NC(C)CCN(C)C)c1[N+](=O)[O-]. The number of nitro benzene ring substituents is 1. The zero-order chi connectivity index (χ0) is 15.1. The van der Waals surface area contributed by atoms with Crippen molar-refractivity contribution in [1.29, 1.82) is 0 Å². The summed E-state index contributed by atoms with van der Waals surface area (Å²) in [5, 5.41) is 14.4. The fourth-order valence-electron chi connectivity index (χ4n) is 1.89. The van der Waals surface area contributed by atoms with Crippen molar-refractivity contribution in [2.45, 2.75) is 26.3 Å². The van der Waals surface area contributed by atoms with E-state index in [4.69, 9.17) is 4.74 Å². The van der Waals surface area contributed by atoms with Gasteiger partial charge in [-0.3, -0.25) is 10.1 Å². The van der Waals surface area contributed by atoms with Crippen LogP contribution in [0.5, 0.6) is 5.75 Å². The van der Waals surface area contributed by atoms with E-state index in [2.05, 4.69) is 10.2 Å². The maximum absolute atomic E-state index is 11.2. The molecule has 6 heteroatoms. The molecule has 112 valence electrons. The number of nitrogens with one attached hydrogen (secondary N) is 1. The van der Waals surface area contributed by atoms with Crippen LogP contribution in [0.4, 0.5) is 11.4 Å². The maximum atomic E-state index is 11.2. The van der Waals surface area contributed by atoms with Crippen molar-refractivity contribution in [3.8, 4) is 5.75 Å². The number of hydrogen-bond donors (Lipinski definition) is 1. The minimum atomic E-state index is -0.397. The van der Waals surface area contributed by atoms with Gasteiger partial charge in [0.25, 0.3) is 0 Å². The largest absolute Gasteiger partial charge is 0.487 e. The number of rotatable bonds is 8. The van der Waals surface area contributed by atoms with E-state index < -0.39 is 4.92 Å². The van der Waals surface area contributed by atoms with E-state index in [9.17, 15) is 10.1 Å². The molecule has 0 amide bonds.